The van der Waals surface area contributed by atoms with Crippen molar-refractivity contribution >= 4 is 34.0 Å². The topological polar surface area (TPSA) is 61.3 Å². The summed E-state index contributed by atoms with van der Waals surface area (Å²) in [6.45, 7) is 2.22. The SMILES string of the molecule is OC1CCCN(c2ncccc2CNc2ccnc3cc(Cl)ccc23)C1. The van der Waals surface area contributed by atoms with E-state index < -0.39 is 0 Å². The largest absolute Gasteiger partial charge is 0.391 e. The monoisotopic (exact) mass is 368 g/mol. The molecule has 2 N–H and O–H groups in total. The molecule has 1 aromatic carbocycles. The molecule has 3 heterocycles. The number of aliphatic hydroxyl groups is 1. The Kier molecular flexibility index (Phi) is 4.91. The molecule has 2 aromatic heterocycles. The van der Waals surface area contributed by atoms with Crippen LogP contribution in [0.4, 0.5) is 11.5 Å². The third-order valence-corrected chi connectivity index (χ3v) is 4.97. The van der Waals surface area contributed by atoms with Crippen LogP contribution in [0.25, 0.3) is 10.9 Å². The zero-order chi connectivity index (χ0) is 17.9. The van der Waals surface area contributed by atoms with Gasteiger partial charge in [-0.25, -0.2) is 4.98 Å². The van der Waals surface area contributed by atoms with Gasteiger partial charge in [0, 0.05) is 53.7 Å². The number of aromatic nitrogens is 2. The first-order valence-electron chi connectivity index (χ1n) is 8.86. The lowest BCUT2D eigenvalue weighted by Crippen LogP contribution is -2.39. The number of anilines is 2. The summed E-state index contributed by atoms with van der Waals surface area (Å²) in [7, 11) is 0. The predicted octanol–water partition coefficient (Wildman–Crippen LogP) is 3.86. The fourth-order valence-electron chi connectivity index (χ4n) is 3.47. The lowest BCUT2D eigenvalue weighted by molar-refractivity contribution is 0.154. The van der Waals surface area contributed by atoms with Crippen LogP contribution in [0.2, 0.25) is 5.02 Å². The second kappa shape index (κ2) is 7.48. The second-order valence-corrected chi connectivity index (χ2v) is 7.04. The molecule has 0 amide bonds. The van der Waals surface area contributed by atoms with Gasteiger partial charge in [-0.15, -0.1) is 0 Å². The number of fused-ring (bicyclic) bond motifs is 1. The van der Waals surface area contributed by atoms with Gasteiger partial charge in [-0.1, -0.05) is 17.7 Å². The van der Waals surface area contributed by atoms with E-state index in [9.17, 15) is 5.11 Å². The first-order chi connectivity index (χ1) is 12.7. The molecule has 134 valence electrons. The van der Waals surface area contributed by atoms with E-state index in [-0.39, 0.29) is 6.10 Å². The summed E-state index contributed by atoms with van der Waals surface area (Å²) in [4.78, 5) is 11.1. The highest BCUT2D eigenvalue weighted by atomic mass is 35.5. The van der Waals surface area contributed by atoms with Gasteiger partial charge < -0.3 is 15.3 Å². The van der Waals surface area contributed by atoms with E-state index in [1.54, 1.807) is 6.20 Å². The number of hydrogen-bond acceptors (Lipinski definition) is 5. The Balaban J connectivity index is 1.57. The molecular weight excluding hydrogens is 348 g/mol. The van der Waals surface area contributed by atoms with E-state index in [4.69, 9.17) is 11.6 Å². The summed E-state index contributed by atoms with van der Waals surface area (Å²) in [5.41, 5.74) is 2.99. The normalized spacial score (nSPS) is 17.5. The first kappa shape index (κ1) is 17.1. The zero-order valence-electron chi connectivity index (χ0n) is 14.4. The zero-order valence-corrected chi connectivity index (χ0v) is 15.2. The molecule has 1 fully saturated rings. The molecule has 0 spiro atoms. The predicted molar refractivity (Wildman–Crippen MR) is 106 cm³/mol. The number of nitrogens with one attached hydrogen (secondary N) is 1. The molecule has 26 heavy (non-hydrogen) atoms. The number of pyridine rings is 2. The van der Waals surface area contributed by atoms with Gasteiger partial charge in [0.2, 0.25) is 0 Å². The van der Waals surface area contributed by atoms with Gasteiger partial charge in [-0.3, -0.25) is 4.98 Å². The Morgan fingerprint density at radius 2 is 2.12 bits per heavy atom. The third-order valence-electron chi connectivity index (χ3n) is 4.74. The lowest BCUT2D eigenvalue weighted by Gasteiger charge is -2.32. The summed E-state index contributed by atoms with van der Waals surface area (Å²) in [6, 6.07) is 11.7. The smallest absolute Gasteiger partial charge is 0.133 e. The van der Waals surface area contributed by atoms with Gasteiger partial charge in [0.25, 0.3) is 0 Å². The fourth-order valence-corrected chi connectivity index (χ4v) is 3.63. The molecule has 0 radical (unpaired) electrons. The standard InChI is InChI=1S/C20H21ClN4O/c21-15-5-6-17-18(7-9-22-19(17)11-15)24-12-14-3-1-8-23-20(14)25-10-2-4-16(26)13-25/h1,3,5-9,11,16,26H,2,4,10,12-13H2,(H,22,24). The fraction of sp³-hybridized carbons (Fsp3) is 0.300. The number of β-amino-alcohol motifs (C(OH)–C–C–N with tert-alkyl or cyclic N) is 1. The quantitative estimate of drug-likeness (QED) is 0.732. The van der Waals surface area contributed by atoms with Crippen molar-refractivity contribution in [2.45, 2.75) is 25.5 Å². The van der Waals surface area contributed by atoms with E-state index in [1.165, 1.54) is 0 Å². The minimum Gasteiger partial charge on any atom is -0.391 e. The van der Waals surface area contributed by atoms with Crippen molar-refractivity contribution in [3.63, 3.8) is 0 Å². The summed E-state index contributed by atoms with van der Waals surface area (Å²) in [5.74, 6) is 0.945. The summed E-state index contributed by atoms with van der Waals surface area (Å²) in [6.07, 6.45) is 5.17. The van der Waals surface area contributed by atoms with Crippen molar-refractivity contribution in [1.82, 2.24) is 9.97 Å². The van der Waals surface area contributed by atoms with Crippen LogP contribution >= 0.6 is 11.6 Å². The van der Waals surface area contributed by atoms with Crippen LogP contribution in [0.15, 0.2) is 48.8 Å². The van der Waals surface area contributed by atoms with Crippen molar-refractivity contribution in [3.8, 4) is 0 Å². The Hall–Kier alpha value is -2.37. The van der Waals surface area contributed by atoms with Crippen LogP contribution in [-0.2, 0) is 6.54 Å². The van der Waals surface area contributed by atoms with Crippen molar-refractivity contribution < 1.29 is 5.11 Å². The molecule has 6 heteroatoms. The second-order valence-electron chi connectivity index (χ2n) is 6.60. The molecule has 0 aliphatic carbocycles. The number of nitrogens with zero attached hydrogens (tertiary/aromatic N) is 3. The minimum absolute atomic E-state index is 0.277. The molecule has 3 aromatic rings. The summed E-state index contributed by atoms with van der Waals surface area (Å²) in [5, 5.41) is 15.2. The highest BCUT2D eigenvalue weighted by Gasteiger charge is 2.20. The number of rotatable bonds is 4. The molecule has 4 rings (SSSR count). The van der Waals surface area contributed by atoms with E-state index in [2.05, 4.69) is 26.3 Å². The molecule has 1 saturated heterocycles. The maximum absolute atomic E-state index is 9.98. The number of benzene rings is 1. The summed E-state index contributed by atoms with van der Waals surface area (Å²) < 4.78 is 0. The highest BCUT2D eigenvalue weighted by Crippen LogP contribution is 2.27. The number of halogens is 1. The van der Waals surface area contributed by atoms with E-state index >= 15 is 0 Å². The van der Waals surface area contributed by atoms with Gasteiger partial charge in [0.15, 0.2) is 0 Å². The Labute approximate surface area is 157 Å². The molecule has 0 bridgehead atoms. The number of aliphatic hydroxyl groups excluding tert-OH is 1. The highest BCUT2D eigenvalue weighted by molar-refractivity contribution is 6.31. The van der Waals surface area contributed by atoms with Crippen molar-refractivity contribution in [3.05, 3.63) is 59.4 Å². The number of hydrogen-bond donors (Lipinski definition) is 2. The number of piperidine rings is 1. The molecule has 5 nitrogen and oxygen atoms in total. The Morgan fingerprint density at radius 3 is 3.00 bits per heavy atom. The molecule has 1 aliphatic rings. The maximum Gasteiger partial charge on any atom is 0.133 e. The van der Waals surface area contributed by atoms with Crippen molar-refractivity contribution in [2.24, 2.45) is 0 Å². The van der Waals surface area contributed by atoms with Crippen LogP contribution in [0, 0.1) is 0 Å². The van der Waals surface area contributed by atoms with Crippen molar-refractivity contribution in [2.75, 3.05) is 23.3 Å². The molecular formula is C20H21ClN4O. The Bertz CT molecular complexity index is 917. The van der Waals surface area contributed by atoms with Crippen LogP contribution in [0.5, 0.6) is 0 Å². The first-order valence-corrected chi connectivity index (χ1v) is 9.23. The molecule has 0 saturated carbocycles. The molecule has 1 atom stereocenters. The van der Waals surface area contributed by atoms with E-state index in [0.29, 0.717) is 18.1 Å². The maximum atomic E-state index is 9.98. The van der Waals surface area contributed by atoms with E-state index in [1.807, 2.05) is 36.5 Å². The van der Waals surface area contributed by atoms with Gasteiger partial charge in [0.1, 0.15) is 5.82 Å². The van der Waals surface area contributed by atoms with Crippen LogP contribution in [0.3, 0.4) is 0 Å². The van der Waals surface area contributed by atoms with Gasteiger partial charge in [-0.05, 0) is 43.2 Å². The van der Waals surface area contributed by atoms with E-state index in [0.717, 1.165) is 47.4 Å². The lowest BCUT2D eigenvalue weighted by atomic mass is 10.1. The Morgan fingerprint density at radius 1 is 1.19 bits per heavy atom. The average Bonchev–Trinajstić information content (AvgIpc) is 2.66. The minimum atomic E-state index is -0.277. The molecule has 1 unspecified atom stereocenters. The van der Waals surface area contributed by atoms with Crippen LogP contribution in [-0.4, -0.2) is 34.3 Å². The van der Waals surface area contributed by atoms with Gasteiger partial charge in [0.05, 0.1) is 11.6 Å². The summed E-state index contributed by atoms with van der Waals surface area (Å²) >= 11 is 6.07. The van der Waals surface area contributed by atoms with Crippen LogP contribution in [0.1, 0.15) is 18.4 Å². The van der Waals surface area contributed by atoms with Crippen molar-refractivity contribution in [1.29, 1.82) is 0 Å². The third kappa shape index (κ3) is 3.59. The van der Waals surface area contributed by atoms with Crippen LogP contribution < -0.4 is 10.2 Å². The molecule has 1 aliphatic heterocycles. The average molecular weight is 369 g/mol. The van der Waals surface area contributed by atoms with Gasteiger partial charge in [-0.2, -0.15) is 0 Å². The van der Waals surface area contributed by atoms with Gasteiger partial charge >= 0.3 is 0 Å².